The van der Waals surface area contributed by atoms with Gasteiger partial charge in [0.2, 0.25) is 0 Å². The van der Waals surface area contributed by atoms with Crippen molar-refractivity contribution < 1.29 is 14.3 Å². The molecule has 0 aliphatic heterocycles. The van der Waals surface area contributed by atoms with E-state index in [0.717, 1.165) is 16.8 Å². The Labute approximate surface area is 118 Å². The van der Waals surface area contributed by atoms with E-state index in [2.05, 4.69) is 4.98 Å². The molecule has 4 heteroatoms. The molecule has 0 aliphatic carbocycles. The normalized spacial score (nSPS) is 10.2. The van der Waals surface area contributed by atoms with Gasteiger partial charge in [0.25, 0.3) is 0 Å². The van der Waals surface area contributed by atoms with Crippen LogP contribution in [-0.2, 0) is 11.3 Å². The van der Waals surface area contributed by atoms with Crippen molar-refractivity contribution in [2.45, 2.75) is 20.5 Å². The molecule has 0 spiro atoms. The van der Waals surface area contributed by atoms with Crippen LogP contribution in [-0.4, -0.2) is 18.1 Å². The molecule has 0 aliphatic rings. The number of para-hydroxylation sites is 1. The van der Waals surface area contributed by atoms with Crippen molar-refractivity contribution in [2.75, 3.05) is 7.11 Å². The number of carbonyl (C=O) groups is 1. The fourth-order valence-electron chi connectivity index (χ4n) is 1.92. The van der Waals surface area contributed by atoms with Crippen molar-refractivity contribution in [1.29, 1.82) is 0 Å². The Bertz CT molecular complexity index is 623. The van der Waals surface area contributed by atoms with Crippen molar-refractivity contribution in [3.63, 3.8) is 0 Å². The molecule has 0 unspecified atom stereocenters. The first-order valence-corrected chi connectivity index (χ1v) is 6.34. The van der Waals surface area contributed by atoms with Crippen LogP contribution in [0, 0.1) is 13.8 Å². The second-order valence-corrected chi connectivity index (χ2v) is 4.50. The van der Waals surface area contributed by atoms with Gasteiger partial charge in [0.15, 0.2) is 0 Å². The molecule has 4 nitrogen and oxygen atoms in total. The smallest absolute Gasteiger partial charge is 0.341 e. The summed E-state index contributed by atoms with van der Waals surface area (Å²) in [6.45, 7) is 4.19. The number of rotatable bonds is 4. The number of methoxy groups -OCH3 is 1. The van der Waals surface area contributed by atoms with Crippen LogP contribution in [0.5, 0.6) is 5.75 Å². The van der Waals surface area contributed by atoms with Crippen LogP contribution in [0.15, 0.2) is 36.5 Å². The summed E-state index contributed by atoms with van der Waals surface area (Å²) in [5, 5.41) is 0. The topological polar surface area (TPSA) is 48.4 Å². The summed E-state index contributed by atoms with van der Waals surface area (Å²) in [5.41, 5.74) is 3.23. The lowest BCUT2D eigenvalue weighted by atomic mass is 10.1. The third kappa shape index (κ3) is 2.96. The van der Waals surface area contributed by atoms with Crippen LogP contribution in [0.3, 0.4) is 0 Å². The predicted molar refractivity (Wildman–Crippen MR) is 75.8 cm³/mol. The largest absolute Gasteiger partial charge is 0.486 e. The number of carbonyl (C=O) groups excluding carboxylic acids is 1. The third-order valence-corrected chi connectivity index (χ3v) is 3.09. The number of nitrogens with zero attached hydrogens (tertiary/aromatic N) is 1. The number of benzene rings is 1. The van der Waals surface area contributed by atoms with E-state index in [0.29, 0.717) is 17.9 Å². The molecule has 1 aromatic carbocycles. The summed E-state index contributed by atoms with van der Waals surface area (Å²) in [5.74, 6) is 0.144. The Kier molecular flexibility index (Phi) is 4.35. The molecule has 0 atom stereocenters. The maximum Gasteiger partial charge on any atom is 0.341 e. The maximum atomic E-state index is 11.7. The highest BCUT2D eigenvalue weighted by molar-refractivity contribution is 5.92. The zero-order valence-corrected chi connectivity index (χ0v) is 11.8. The Balaban J connectivity index is 2.25. The van der Waals surface area contributed by atoms with Gasteiger partial charge in [0.05, 0.1) is 12.8 Å². The monoisotopic (exact) mass is 271 g/mol. The third-order valence-electron chi connectivity index (χ3n) is 3.09. The lowest BCUT2D eigenvalue weighted by Gasteiger charge is -2.13. The van der Waals surface area contributed by atoms with E-state index >= 15 is 0 Å². The van der Waals surface area contributed by atoms with Gasteiger partial charge >= 0.3 is 5.97 Å². The second-order valence-electron chi connectivity index (χ2n) is 4.50. The Morgan fingerprint density at radius 1 is 1.15 bits per heavy atom. The first kappa shape index (κ1) is 14.1. The minimum atomic E-state index is -0.401. The van der Waals surface area contributed by atoms with Crippen LogP contribution in [0.25, 0.3) is 0 Å². The summed E-state index contributed by atoms with van der Waals surface area (Å²) >= 11 is 0. The molecule has 0 bridgehead atoms. The Morgan fingerprint density at radius 3 is 2.60 bits per heavy atom. The van der Waals surface area contributed by atoms with Gasteiger partial charge in [-0.1, -0.05) is 18.2 Å². The molecule has 2 rings (SSSR count). The average molecular weight is 271 g/mol. The van der Waals surface area contributed by atoms with Crippen molar-refractivity contribution >= 4 is 5.97 Å². The number of hydrogen-bond donors (Lipinski definition) is 0. The molecule has 0 fully saturated rings. The molecule has 1 heterocycles. The van der Waals surface area contributed by atoms with Crippen molar-refractivity contribution in [3.05, 3.63) is 58.9 Å². The van der Waals surface area contributed by atoms with Crippen molar-refractivity contribution in [3.8, 4) is 5.75 Å². The van der Waals surface area contributed by atoms with Gasteiger partial charge in [-0.25, -0.2) is 4.79 Å². The van der Waals surface area contributed by atoms with Crippen LogP contribution in [0.2, 0.25) is 0 Å². The molecule has 1 aromatic heterocycles. The number of ether oxygens (including phenoxy) is 2. The quantitative estimate of drug-likeness (QED) is 0.802. The van der Waals surface area contributed by atoms with E-state index in [-0.39, 0.29) is 0 Å². The lowest BCUT2D eigenvalue weighted by Crippen LogP contribution is -2.08. The van der Waals surface area contributed by atoms with E-state index in [1.54, 1.807) is 18.3 Å². The molecule has 0 amide bonds. The molecule has 0 N–H and O–H groups in total. The van der Waals surface area contributed by atoms with Crippen LogP contribution < -0.4 is 4.74 Å². The molecule has 2 aromatic rings. The molecular formula is C16H17NO3. The fourth-order valence-corrected chi connectivity index (χ4v) is 1.92. The fraction of sp³-hybridized carbons (Fsp3) is 0.250. The number of pyridine rings is 1. The minimum Gasteiger partial charge on any atom is -0.486 e. The Hall–Kier alpha value is -2.36. The molecule has 0 radical (unpaired) electrons. The van der Waals surface area contributed by atoms with Gasteiger partial charge < -0.3 is 9.47 Å². The van der Waals surface area contributed by atoms with Gasteiger partial charge in [0, 0.05) is 6.20 Å². The standard InChI is InChI=1S/C16H17NO3/c1-11-7-5-9-17-14(11)10-20-15-12(2)6-4-8-13(15)16(18)19-3/h4-9H,10H2,1-3H3. The molecule has 0 saturated carbocycles. The van der Waals surface area contributed by atoms with Gasteiger partial charge in [-0.05, 0) is 37.1 Å². The number of aromatic nitrogens is 1. The highest BCUT2D eigenvalue weighted by Gasteiger charge is 2.15. The van der Waals surface area contributed by atoms with E-state index in [1.165, 1.54) is 7.11 Å². The lowest BCUT2D eigenvalue weighted by molar-refractivity contribution is 0.0595. The number of aryl methyl sites for hydroxylation is 2. The molecule has 104 valence electrons. The zero-order chi connectivity index (χ0) is 14.5. The van der Waals surface area contributed by atoms with Gasteiger partial charge in [-0.15, -0.1) is 0 Å². The highest BCUT2D eigenvalue weighted by atomic mass is 16.5. The summed E-state index contributed by atoms with van der Waals surface area (Å²) in [6.07, 6.45) is 1.73. The van der Waals surface area contributed by atoms with Crippen molar-refractivity contribution in [2.24, 2.45) is 0 Å². The maximum absolute atomic E-state index is 11.7. The molecule has 20 heavy (non-hydrogen) atoms. The van der Waals surface area contributed by atoms with Gasteiger partial charge in [-0.2, -0.15) is 0 Å². The van der Waals surface area contributed by atoms with Crippen LogP contribution in [0.4, 0.5) is 0 Å². The highest BCUT2D eigenvalue weighted by Crippen LogP contribution is 2.25. The van der Waals surface area contributed by atoms with Crippen LogP contribution >= 0.6 is 0 Å². The van der Waals surface area contributed by atoms with E-state index in [1.807, 2.05) is 32.0 Å². The number of hydrogen-bond acceptors (Lipinski definition) is 4. The van der Waals surface area contributed by atoms with E-state index < -0.39 is 5.97 Å². The summed E-state index contributed by atoms with van der Waals surface area (Å²) in [4.78, 5) is 16.0. The minimum absolute atomic E-state index is 0.321. The SMILES string of the molecule is COC(=O)c1cccc(C)c1OCc1ncccc1C. The van der Waals surface area contributed by atoms with Gasteiger partial charge in [0.1, 0.15) is 17.9 Å². The molecular weight excluding hydrogens is 254 g/mol. The first-order valence-electron chi connectivity index (χ1n) is 6.34. The van der Waals surface area contributed by atoms with Crippen LogP contribution in [0.1, 0.15) is 27.2 Å². The Morgan fingerprint density at radius 2 is 1.90 bits per heavy atom. The zero-order valence-electron chi connectivity index (χ0n) is 11.8. The summed E-state index contributed by atoms with van der Waals surface area (Å²) in [7, 11) is 1.36. The van der Waals surface area contributed by atoms with E-state index in [9.17, 15) is 4.79 Å². The van der Waals surface area contributed by atoms with Crippen molar-refractivity contribution in [1.82, 2.24) is 4.98 Å². The predicted octanol–water partition coefficient (Wildman–Crippen LogP) is 3.06. The van der Waals surface area contributed by atoms with Gasteiger partial charge in [-0.3, -0.25) is 4.98 Å². The summed E-state index contributed by atoms with van der Waals surface area (Å²) < 4.78 is 10.6. The average Bonchev–Trinajstić information content (AvgIpc) is 2.46. The molecule has 0 saturated heterocycles. The number of esters is 1. The summed E-state index contributed by atoms with van der Waals surface area (Å²) in [6, 6.07) is 9.25. The first-order chi connectivity index (χ1) is 9.63. The van der Waals surface area contributed by atoms with E-state index in [4.69, 9.17) is 9.47 Å². The second kappa shape index (κ2) is 6.19.